The summed E-state index contributed by atoms with van der Waals surface area (Å²) in [7, 11) is 0. The van der Waals surface area contributed by atoms with Gasteiger partial charge in [-0.15, -0.1) is 11.3 Å². The fraction of sp³-hybridized carbons (Fsp3) is 0.556. The molecule has 2 heterocycles. The van der Waals surface area contributed by atoms with E-state index >= 15 is 0 Å². The third kappa shape index (κ3) is 2.00. The molecule has 1 aromatic rings. The molecule has 74 valence electrons. The van der Waals surface area contributed by atoms with Crippen LogP contribution in [0.15, 0.2) is 22.6 Å². The van der Waals surface area contributed by atoms with Crippen LogP contribution >= 0.6 is 11.3 Å². The molecule has 5 heteroatoms. The normalized spacial score (nSPS) is 17.9. The van der Waals surface area contributed by atoms with Gasteiger partial charge in [-0.3, -0.25) is 0 Å². The van der Waals surface area contributed by atoms with E-state index in [2.05, 4.69) is 32.4 Å². The average Bonchev–Trinajstić information content (AvgIpc) is 2.72. The summed E-state index contributed by atoms with van der Waals surface area (Å²) in [6.07, 6.45) is 1.95. The zero-order chi connectivity index (χ0) is 9.80. The Morgan fingerprint density at radius 1 is 1.50 bits per heavy atom. The first-order chi connectivity index (χ1) is 6.90. The second-order valence-electron chi connectivity index (χ2n) is 3.37. The third-order valence-corrected chi connectivity index (χ3v) is 3.43. The van der Waals surface area contributed by atoms with Gasteiger partial charge in [0.05, 0.1) is 5.00 Å². The van der Waals surface area contributed by atoms with Crippen molar-refractivity contribution in [1.29, 1.82) is 0 Å². The summed E-state index contributed by atoms with van der Waals surface area (Å²) in [5.41, 5.74) is 8.32. The van der Waals surface area contributed by atoms with Gasteiger partial charge in [-0.25, -0.2) is 0 Å². The monoisotopic (exact) mass is 208 g/mol. The zero-order valence-corrected chi connectivity index (χ0v) is 8.65. The van der Waals surface area contributed by atoms with Gasteiger partial charge in [0.1, 0.15) is 0 Å². The largest absolute Gasteiger partial charge is 0.363 e. The molecule has 0 aliphatic carbocycles. The lowest BCUT2D eigenvalue weighted by Crippen LogP contribution is -2.34. The van der Waals surface area contributed by atoms with Gasteiger partial charge >= 0.3 is 0 Å². The molecule has 0 aromatic carbocycles. The van der Waals surface area contributed by atoms with Crippen molar-refractivity contribution in [2.45, 2.75) is 18.9 Å². The SMILES string of the molecule is [N-]=[N+]=NC1CCN(c2cccs2)CC1. The Balaban J connectivity index is 1.93. The van der Waals surface area contributed by atoms with Crippen LogP contribution in [0.2, 0.25) is 0 Å². The summed E-state index contributed by atoms with van der Waals surface area (Å²) in [6.45, 7) is 2.01. The Kier molecular flexibility index (Phi) is 2.91. The molecule has 0 saturated carbocycles. The molecule has 1 aromatic heterocycles. The summed E-state index contributed by atoms with van der Waals surface area (Å²) in [5.74, 6) is 0. The average molecular weight is 208 g/mol. The zero-order valence-electron chi connectivity index (χ0n) is 7.83. The van der Waals surface area contributed by atoms with Crippen molar-refractivity contribution < 1.29 is 0 Å². The van der Waals surface area contributed by atoms with Crippen LogP contribution in [0.4, 0.5) is 5.00 Å². The van der Waals surface area contributed by atoms with Gasteiger partial charge in [-0.1, -0.05) is 5.11 Å². The maximum absolute atomic E-state index is 8.32. The van der Waals surface area contributed by atoms with E-state index in [0.717, 1.165) is 25.9 Å². The van der Waals surface area contributed by atoms with Gasteiger partial charge in [-0.05, 0) is 35.9 Å². The molecule has 0 spiro atoms. The highest BCUT2D eigenvalue weighted by atomic mass is 32.1. The topological polar surface area (TPSA) is 52.0 Å². The minimum absolute atomic E-state index is 0.205. The van der Waals surface area contributed by atoms with Gasteiger partial charge < -0.3 is 4.90 Å². The molecule has 0 N–H and O–H groups in total. The number of anilines is 1. The van der Waals surface area contributed by atoms with E-state index in [1.165, 1.54) is 5.00 Å². The van der Waals surface area contributed by atoms with E-state index in [1.807, 2.05) is 0 Å². The van der Waals surface area contributed by atoms with Crippen LogP contribution in [0, 0.1) is 0 Å². The molecule has 1 aliphatic rings. The molecule has 0 atom stereocenters. The van der Waals surface area contributed by atoms with Gasteiger partial charge in [0.25, 0.3) is 0 Å². The summed E-state index contributed by atoms with van der Waals surface area (Å²) in [4.78, 5) is 5.21. The molecule has 14 heavy (non-hydrogen) atoms. The molecule has 0 amide bonds. The number of thiophene rings is 1. The second-order valence-corrected chi connectivity index (χ2v) is 4.30. The highest BCUT2D eigenvalue weighted by molar-refractivity contribution is 7.14. The van der Waals surface area contributed by atoms with Crippen molar-refractivity contribution in [3.05, 3.63) is 28.0 Å². The number of rotatable bonds is 2. The summed E-state index contributed by atoms with van der Waals surface area (Å²) < 4.78 is 0. The summed E-state index contributed by atoms with van der Waals surface area (Å²) in [5, 5.41) is 7.17. The van der Waals surface area contributed by atoms with Crippen LogP contribution in [0.3, 0.4) is 0 Å². The van der Waals surface area contributed by atoms with Crippen LogP contribution in [0.1, 0.15) is 12.8 Å². The first kappa shape index (κ1) is 9.37. The van der Waals surface area contributed by atoms with Crippen molar-refractivity contribution in [1.82, 2.24) is 0 Å². The Morgan fingerprint density at radius 3 is 2.86 bits per heavy atom. The Morgan fingerprint density at radius 2 is 2.29 bits per heavy atom. The van der Waals surface area contributed by atoms with E-state index in [0.29, 0.717) is 0 Å². The van der Waals surface area contributed by atoms with E-state index < -0.39 is 0 Å². The first-order valence-corrected chi connectivity index (χ1v) is 5.61. The molecular weight excluding hydrogens is 196 g/mol. The standard InChI is InChI=1S/C9H12N4S/c10-12-11-8-3-5-13(6-4-8)9-2-1-7-14-9/h1-2,7-8H,3-6H2. The minimum Gasteiger partial charge on any atom is -0.363 e. The van der Waals surface area contributed by atoms with E-state index in [-0.39, 0.29) is 6.04 Å². The molecule has 4 nitrogen and oxygen atoms in total. The molecular formula is C9H12N4S. The number of piperidine rings is 1. The molecule has 0 unspecified atom stereocenters. The second kappa shape index (κ2) is 4.35. The number of nitrogens with zero attached hydrogens (tertiary/aromatic N) is 4. The van der Waals surface area contributed by atoms with Gasteiger partial charge in [0, 0.05) is 24.0 Å². The van der Waals surface area contributed by atoms with Crippen molar-refractivity contribution in [3.8, 4) is 0 Å². The van der Waals surface area contributed by atoms with E-state index in [1.54, 1.807) is 11.3 Å². The fourth-order valence-electron chi connectivity index (χ4n) is 1.72. The maximum atomic E-state index is 8.32. The number of azide groups is 1. The van der Waals surface area contributed by atoms with Crippen molar-refractivity contribution in [2.75, 3.05) is 18.0 Å². The van der Waals surface area contributed by atoms with Crippen LogP contribution in [-0.4, -0.2) is 19.1 Å². The molecule has 2 rings (SSSR count). The van der Waals surface area contributed by atoms with Crippen molar-refractivity contribution in [2.24, 2.45) is 5.11 Å². The summed E-state index contributed by atoms with van der Waals surface area (Å²) >= 11 is 1.77. The van der Waals surface area contributed by atoms with Gasteiger partial charge in [0.15, 0.2) is 0 Å². The maximum Gasteiger partial charge on any atom is 0.0908 e. The lowest BCUT2D eigenvalue weighted by Gasteiger charge is -2.30. The smallest absolute Gasteiger partial charge is 0.0908 e. The van der Waals surface area contributed by atoms with Gasteiger partial charge in [-0.2, -0.15) is 0 Å². The van der Waals surface area contributed by atoms with Crippen LogP contribution in [-0.2, 0) is 0 Å². The predicted octanol–water partition coefficient (Wildman–Crippen LogP) is 3.03. The quantitative estimate of drug-likeness (QED) is 0.418. The predicted molar refractivity (Wildman–Crippen MR) is 58.7 cm³/mol. The lowest BCUT2D eigenvalue weighted by molar-refractivity contribution is 0.501. The Hall–Kier alpha value is -1.19. The van der Waals surface area contributed by atoms with E-state index in [9.17, 15) is 0 Å². The third-order valence-electron chi connectivity index (χ3n) is 2.50. The van der Waals surface area contributed by atoms with Crippen molar-refractivity contribution >= 4 is 16.3 Å². The van der Waals surface area contributed by atoms with Crippen molar-refractivity contribution in [3.63, 3.8) is 0 Å². The van der Waals surface area contributed by atoms with Crippen LogP contribution in [0.5, 0.6) is 0 Å². The fourth-order valence-corrected chi connectivity index (χ4v) is 2.51. The number of hydrogen-bond donors (Lipinski definition) is 0. The van der Waals surface area contributed by atoms with Crippen LogP contribution < -0.4 is 4.90 Å². The first-order valence-electron chi connectivity index (χ1n) is 4.73. The van der Waals surface area contributed by atoms with Gasteiger partial charge in [0.2, 0.25) is 0 Å². The summed E-state index contributed by atoms with van der Waals surface area (Å²) in [6, 6.07) is 4.41. The highest BCUT2D eigenvalue weighted by Gasteiger charge is 2.18. The van der Waals surface area contributed by atoms with E-state index in [4.69, 9.17) is 5.53 Å². The minimum atomic E-state index is 0.205. The lowest BCUT2D eigenvalue weighted by atomic mass is 10.1. The highest BCUT2D eigenvalue weighted by Crippen LogP contribution is 2.25. The molecule has 1 fully saturated rings. The molecule has 0 bridgehead atoms. The Labute approximate surface area is 86.8 Å². The molecule has 1 aliphatic heterocycles. The Bertz CT molecular complexity index is 321. The number of hydrogen-bond acceptors (Lipinski definition) is 3. The molecule has 0 radical (unpaired) electrons. The molecule has 1 saturated heterocycles. The van der Waals surface area contributed by atoms with Crippen LogP contribution in [0.25, 0.3) is 10.4 Å².